The van der Waals surface area contributed by atoms with Gasteiger partial charge in [-0.3, -0.25) is 9.59 Å². The molecule has 0 fully saturated rings. The molecule has 4 N–H and O–H groups in total. The zero-order chi connectivity index (χ0) is 25.4. The van der Waals surface area contributed by atoms with E-state index in [1.54, 1.807) is 6.07 Å². The van der Waals surface area contributed by atoms with Gasteiger partial charge in [0.1, 0.15) is 0 Å². The lowest BCUT2D eigenvalue weighted by molar-refractivity contribution is -0.152. The number of esters is 1. The molecule has 0 saturated heterocycles. The second-order valence-electron chi connectivity index (χ2n) is 10.5. The Morgan fingerprint density at radius 1 is 1.15 bits per heavy atom. The van der Waals surface area contributed by atoms with Gasteiger partial charge in [0.15, 0.2) is 5.82 Å². The van der Waals surface area contributed by atoms with Crippen LogP contribution in [0.3, 0.4) is 0 Å². The number of methoxy groups -OCH3 is 1. The van der Waals surface area contributed by atoms with Gasteiger partial charge < -0.3 is 20.5 Å². The first-order valence-electron chi connectivity index (χ1n) is 12.2. The number of nitrogens with one attached hydrogen (secondary N) is 3. The first-order valence-corrected chi connectivity index (χ1v) is 12.2. The number of carbonyl (C=O) groups excluding carboxylic acids is 1. The summed E-state index contributed by atoms with van der Waals surface area (Å²) in [5.74, 6) is 0.830. The second kappa shape index (κ2) is 12.3. The summed E-state index contributed by atoms with van der Waals surface area (Å²) in [5, 5.41) is 24.9. The molecule has 2 atom stereocenters. The number of aliphatic hydroxyl groups is 1. The zero-order valence-electron chi connectivity index (χ0n) is 21.5. The smallest absolute Gasteiger partial charge is 0.312 e. The molecule has 2 aromatic rings. The molecule has 2 unspecified atom stereocenters. The number of aromatic amines is 1. The van der Waals surface area contributed by atoms with Crippen LogP contribution in [0, 0.1) is 11.3 Å². The molecule has 0 amide bonds. The van der Waals surface area contributed by atoms with Crippen molar-refractivity contribution < 1.29 is 14.6 Å². The Bertz CT molecular complexity index is 981. The molecule has 8 heteroatoms. The zero-order valence-corrected chi connectivity index (χ0v) is 21.5. The highest BCUT2D eigenvalue weighted by molar-refractivity contribution is 5.90. The lowest BCUT2D eigenvalue weighted by Gasteiger charge is -2.34. The third-order valence-electron chi connectivity index (χ3n) is 6.44. The van der Waals surface area contributed by atoms with E-state index in [1.165, 1.54) is 7.11 Å². The fourth-order valence-corrected chi connectivity index (χ4v) is 4.26. The van der Waals surface area contributed by atoms with Crippen LogP contribution >= 0.6 is 0 Å². The van der Waals surface area contributed by atoms with Crippen LogP contribution in [0.5, 0.6) is 0 Å². The van der Waals surface area contributed by atoms with Gasteiger partial charge in [-0.15, -0.1) is 0 Å². The molecule has 0 saturated carbocycles. The van der Waals surface area contributed by atoms with Crippen molar-refractivity contribution in [2.24, 2.45) is 11.3 Å². The molecule has 0 aliphatic carbocycles. The average Bonchev–Trinajstić information content (AvgIpc) is 2.78. The fraction of sp³-hybridized carbons (Fsp3) is 0.654. The number of carbonyl (C=O) groups is 1. The highest BCUT2D eigenvalue weighted by Crippen LogP contribution is 2.29. The standard InChI is InChI=1S/C26H42N4O4/c1-18(11-9-14-25(2,3)33)17-21(26(4,5)24(32)34-6)27-15-10-16-28-22-19-12-7-8-13-20(19)23(31)30-29-22/h7-8,12-13,18,21,27,33H,9-11,14-17H2,1-6H3,(H,28,29)(H,30,31). The Hall–Kier alpha value is -2.45. The first-order chi connectivity index (χ1) is 16.0. The minimum atomic E-state index is -0.663. The topological polar surface area (TPSA) is 116 Å². The van der Waals surface area contributed by atoms with E-state index in [4.69, 9.17) is 4.74 Å². The van der Waals surface area contributed by atoms with Crippen molar-refractivity contribution in [2.75, 3.05) is 25.5 Å². The number of anilines is 1. The maximum absolute atomic E-state index is 12.5. The maximum atomic E-state index is 12.5. The van der Waals surface area contributed by atoms with E-state index in [-0.39, 0.29) is 17.6 Å². The second-order valence-corrected chi connectivity index (χ2v) is 10.5. The predicted octanol–water partition coefficient (Wildman–Crippen LogP) is 3.85. The van der Waals surface area contributed by atoms with E-state index in [9.17, 15) is 14.7 Å². The van der Waals surface area contributed by atoms with Crippen molar-refractivity contribution >= 4 is 22.6 Å². The van der Waals surface area contributed by atoms with Crippen molar-refractivity contribution in [3.05, 3.63) is 34.6 Å². The Balaban J connectivity index is 1.92. The molecule has 0 aliphatic heterocycles. The van der Waals surface area contributed by atoms with Crippen LogP contribution in [0.25, 0.3) is 10.8 Å². The molecule has 0 radical (unpaired) electrons. The van der Waals surface area contributed by atoms with E-state index in [0.717, 1.165) is 44.0 Å². The monoisotopic (exact) mass is 474 g/mol. The quantitative estimate of drug-likeness (QED) is 0.243. The molecule has 1 heterocycles. The number of hydrogen-bond donors (Lipinski definition) is 4. The normalized spacial score (nSPS) is 14.1. The van der Waals surface area contributed by atoms with Crippen LogP contribution < -0.4 is 16.2 Å². The van der Waals surface area contributed by atoms with Crippen LogP contribution in [0.1, 0.15) is 66.7 Å². The SMILES string of the molecule is COC(=O)C(C)(C)C(CC(C)CCCC(C)(C)O)NCCCNc1n[nH]c(=O)c2ccccc12. The highest BCUT2D eigenvalue weighted by Gasteiger charge is 2.38. The van der Waals surface area contributed by atoms with Gasteiger partial charge in [0.05, 0.1) is 23.5 Å². The van der Waals surface area contributed by atoms with E-state index in [1.807, 2.05) is 45.9 Å². The molecule has 1 aromatic heterocycles. The lowest BCUT2D eigenvalue weighted by atomic mass is 9.78. The molecular weight excluding hydrogens is 432 g/mol. The van der Waals surface area contributed by atoms with Crippen molar-refractivity contribution in [1.82, 2.24) is 15.5 Å². The third-order valence-corrected chi connectivity index (χ3v) is 6.44. The van der Waals surface area contributed by atoms with Crippen molar-refractivity contribution in [3.63, 3.8) is 0 Å². The van der Waals surface area contributed by atoms with Gasteiger partial charge in [0, 0.05) is 18.0 Å². The summed E-state index contributed by atoms with van der Waals surface area (Å²) in [6.45, 7) is 11.1. The number of fused-ring (bicyclic) bond motifs is 1. The first kappa shape index (κ1) is 27.8. The number of rotatable bonds is 14. The van der Waals surface area contributed by atoms with Gasteiger partial charge in [-0.1, -0.05) is 38.0 Å². The van der Waals surface area contributed by atoms with Gasteiger partial charge >= 0.3 is 5.97 Å². The van der Waals surface area contributed by atoms with Gasteiger partial charge in [0.2, 0.25) is 0 Å². The van der Waals surface area contributed by atoms with E-state index >= 15 is 0 Å². The minimum absolute atomic E-state index is 0.0379. The highest BCUT2D eigenvalue weighted by atomic mass is 16.5. The molecule has 0 aliphatic rings. The third kappa shape index (κ3) is 8.09. The molecule has 1 aromatic carbocycles. The van der Waals surface area contributed by atoms with Gasteiger partial charge in [0.25, 0.3) is 5.56 Å². The largest absolute Gasteiger partial charge is 0.469 e. The van der Waals surface area contributed by atoms with Crippen LogP contribution in [0.4, 0.5) is 5.82 Å². The summed E-state index contributed by atoms with van der Waals surface area (Å²) in [6.07, 6.45) is 4.35. The Kier molecular flexibility index (Phi) is 10.1. The van der Waals surface area contributed by atoms with Gasteiger partial charge in [-0.25, -0.2) is 5.10 Å². The van der Waals surface area contributed by atoms with Crippen LogP contribution in [-0.4, -0.2) is 53.1 Å². The number of nitrogens with zero attached hydrogens (tertiary/aromatic N) is 1. The van der Waals surface area contributed by atoms with Crippen LogP contribution in [0.2, 0.25) is 0 Å². The summed E-state index contributed by atoms with van der Waals surface area (Å²) in [6, 6.07) is 7.35. The summed E-state index contributed by atoms with van der Waals surface area (Å²) in [7, 11) is 1.43. The summed E-state index contributed by atoms with van der Waals surface area (Å²) in [4.78, 5) is 24.4. The Morgan fingerprint density at radius 2 is 1.82 bits per heavy atom. The van der Waals surface area contributed by atoms with Crippen molar-refractivity contribution in [2.45, 2.75) is 78.4 Å². The van der Waals surface area contributed by atoms with Gasteiger partial charge in [-0.2, -0.15) is 5.10 Å². The predicted molar refractivity (Wildman–Crippen MR) is 137 cm³/mol. The van der Waals surface area contributed by atoms with E-state index < -0.39 is 11.0 Å². The molecule has 190 valence electrons. The van der Waals surface area contributed by atoms with Gasteiger partial charge in [-0.05, 0) is 65.5 Å². The fourth-order valence-electron chi connectivity index (χ4n) is 4.26. The van der Waals surface area contributed by atoms with Crippen LogP contribution in [0.15, 0.2) is 29.1 Å². The minimum Gasteiger partial charge on any atom is -0.469 e. The molecule has 8 nitrogen and oxygen atoms in total. The van der Waals surface area contributed by atoms with E-state index in [0.29, 0.717) is 23.7 Å². The molecule has 34 heavy (non-hydrogen) atoms. The molecular formula is C26H42N4O4. The average molecular weight is 475 g/mol. The molecule has 2 rings (SSSR count). The summed E-state index contributed by atoms with van der Waals surface area (Å²) in [5.41, 5.74) is -1.52. The number of H-pyrrole nitrogens is 1. The lowest BCUT2D eigenvalue weighted by Crippen LogP contribution is -2.48. The van der Waals surface area contributed by atoms with Crippen molar-refractivity contribution in [3.8, 4) is 0 Å². The summed E-state index contributed by atoms with van der Waals surface area (Å²) < 4.78 is 5.08. The molecule has 0 bridgehead atoms. The number of ether oxygens (including phenoxy) is 1. The maximum Gasteiger partial charge on any atom is 0.312 e. The number of aromatic nitrogens is 2. The van der Waals surface area contributed by atoms with Crippen LogP contribution in [-0.2, 0) is 9.53 Å². The Morgan fingerprint density at radius 3 is 2.47 bits per heavy atom. The molecule has 0 spiro atoms. The Labute approximate surface area is 202 Å². The van der Waals surface area contributed by atoms with Crippen molar-refractivity contribution in [1.29, 1.82) is 0 Å². The number of hydrogen-bond acceptors (Lipinski definition) is 7. The van der Waals surface area contributed by atoms with E-state index in [2.05, 4.69) is 27.8 Å². The number of benzene rings is 1. The summed E-state index contributed by atoms with van der Waals surface area (Å²) >= 11 is 0.